The van der Waals surface area contributed by atoms with Crippen molar-refractivity contribution in [1.82, 2.24) is 10.3 Å². The molecule has 0 aliphatic carbocycles. The summed E-state index contributed by atoms with van der Waals surface area (Å²) in [7, 11) is 0. The van der Waals surface area contributed by atoms with Gasteiger partial charge in [0.25, 0.3) is 0 Å². The summed E-state index contributed by atoms with van der Waals surface area (Å²) < 4.78 is 0. The van der Waals surface area contributed by atoms with Gasteiger partial charge in [0.15, 0.2) is 0 Å². The molecule has 0 unspecified atom stereocenters. The molecular formula is C21H26N4O2. The molecule has 1 saturated heterocycles. The Labute approximate surface area is 160 Å². The number of aromatic nitrogens is 1. The summed E-state index contributed by atoms with van der Waals surface area (Å²) in [6.07, 6.45) is 3.74. The third-order valence-electron chi connectivity index (χ3n) is 5.06. The van der Waals surface area contributed by atoms with Crippen molar-refractivity contribution < 1.29 is 9.59 Å². The molecule has 6 nitrogen and oxygen atoms in total. The second kappa shape index (κ2) is 8.66. The van der Waals surface area contributed by atoms with Crippen LogP contribution in [0.25, 0.3) is 0 Å². The number of benzene rings is 1. The predicted octanol–water partition coefficient (Wildman–Crippen LogP) is 2.67. The summed E-state index contributed by atoms with van der Waals surface area (Å²) in [6.45, 7) is 6.17. The van der Waals surface area contributed by atoms with Crippen molar-refractivity contribution in [1.29, 1.82) is 0 Å². The topological polar surface area (TPSA) is 74.3 Å². The number of aryl methyl sites for hydroxylation is 2. The standard InChI is InChI=1S/C21H26N4O2/c1-15-6-5-7-16(2)19(15)24-21(27)20(26)23-14-17-9-12-25(13-10-17)18-8-3-4-11-22-18/h3-8,11,17H,9-10,12-14H2,1-2H3,(H,23,26)(H,24,27). The van der Waals surface area contributed by atoms with Crippen molar-refractivity contribution in [2.45, 2.75) is 26.7 Å². The number of amides is 2. The van der Waals surface area contributed by atoms with E-state index in [1.807, 2.05) is 50.2 Å². The monoisotopic (exact) mass is 366 g/mol. The molecule has 1 aliphatic heterocycles. The molecule has 27 heavy (non-hydrogen) atoms. The van der Waals surface area contributed by atoms with Crippen molar-refractivity contribution in [2.24, 2.45) is 5.92 Å². The van der Waals surface area contributed by atoms with Crippen LogP contribution in [0.2, 0.25) is 0 Å². The molecule has 1 aromatic carbocycles. The summed E-state index contributed by atoms with van der Waals surface area (Å²) in [5, 5.41) is 5.51. The third-order valence-corrected chi connectivity index (χ3v) is 5.06. The lowest BCUT2D eigenvalue weighted by molar-refractivity contribution is -0.136. The van der Waals surface area contributed by atoms with Crippen molar-refractivity contribution in [3.8, 4) is 0 Å². The zero-order valence-corrected chi connectivity index (χ0v) is 15.9. The minimum atomic E-state index is -0.613. The fraction of sp³-hybridized carbons (Fsp3) is 0.381. The molecule has 2 aromatic rings. The first-order valence-electron chi connectivity index (χ1n) is 9.36. The molecule has 2 amide bonds. The highest BCUT2D eigenvalue weighted by Crippen LogP contribution is 2.21. The lowest BCUT2D eigenvalue weighted by Crippen LogP contribution is -2.42. The number of hydrogen-bond acceptors (Lipinski definition) is 4. The first-order valence-corrected chi connectivity index (χ1v) is 9.36. The molecule has 3 rings (SSSR count). The van der Waals surface area contributed by atoms with E-state index in [4.69, 9.17) is 0 Å². The molecule has 0 atom stereocenters. The Morgan fingerprint density at radius 3 is 2.37 bits per heavy atom. The SMILES string of the molecule is Cc1cccc(C)c1NC(=O)C(=O)NCC1CCN(c2ccccn2)CC1. The summed E-state index contributed by atoms with van der Waals surface area (Å²) >= 11 is 0. The van der Waals surface area contributed by atoms with Crippen LogP contribution in [0, 0.1) is 19.8 Å². The van der Waals surface area contributed by atoms with E-state index in [9.17, 15) is 9.59 Å². The van der Waals surface area contributed by atoms with Gasteiger partial charge < -0.3 is 15.5 Å². The van der Waals surface area contributed by atoms with Gasteiger partial charge in [-0.15, -0.1) is 0 Å². The lowest BCUT2D eigenvalue weighted by atomic mass is 9.97. The molecule has 1 fully saturated rings. The number of rotatable bonds is 4. The Balaban J connectivity index is 1.45. The number of para-hydroxylation sites is 1. The van der Waals surface area contributed by atoms with E-state index in [0.29, 0.717) is 18.2 Å². The summed E-state index contributed by atoms with van der Waals surface area (Å²) in [6, 6.07) is 11.7. The van der Waals surface area contributed by atoms with E-state index in [0.717, 1.165) is 42.9 Å². The molecule has 0 spiro atoms. The second-order valence-corrected chi connectivity index (χ2v) is 7.05. The zero-order chi connectivity index (χ0) is 19.2. The Bertz CT molecular complexity index is 779. The zero-order valence-electron chi connectivity index (χ0n) is 15.9. The molecule has 0 saturated carbocycles. The Morgan fingerprint density at radius 2 is 1.74 bits per heavy atom. The molecule has 6 heteroatoms. The summed E-state index contributed by atoms with van der Waals surface area (Å²) in [5.41, 5.74) is 2.59. The average Bonchev–Trinajstić information content (AvgIpc) is 2.70. The van der Waals surface area contributed by atoms with Gasteiger partial charge in [0.2, 0.25) is 0 Å². The van der Waals surface area contributed by atoms with E-state index in [1.54, 1.807) is 6.20 Å². The number of carbonyl (C=O) groups excluding carboxylic acids is 2. The van der Waals surface area contributed by atoms with Crippen LogP contribution in [-0.4, -0.2) is 36.4 Å². The highest BCUT2D eigenvalue weighted by Gasteiger charge is 2.22. The molecule has 0 bridgehead atoms. The van der Waals surface area contributed by atoms with Gasteiger partial charge >= 0.3 is 11.8 Å². The Kier molecular flexibility index (Phi) is 6.06. The van der Waals surface area contributed by atoms with Gasteiger partial charge in [-0.3, -0.25) is 9.59 Å². The van der Waals surface area contributed by atoms with Crippen LogP contribution in [0.1, 0.15) is 24.0 Å². The quantitative estimate of drug-likeness (QED) is 0.816. The average molecular weight is 366 g/mol. The third kappa shape index (κ3) is 4.84. The Morgan fingerprint density at radius 1 is 1.04 bits per heavy atom. The predicted molar refractivity (Wildman–Crippen MR) is 107 cm³/mol. The first-order chi connectivity index (χ1) is 13.0. The van der Waals surface area contributed by atoms with E-state index < -0.39 is 11.8 Å². The minimum absolute atomic E-state index is 0.377. The maximum absolute atomic E-state index is 12.2. The van der Waals surface area contributed by atoms with E-state index in [-0.39, 0.29) is 0 Å². The van der Waals surface area contributed by atoms with Crippen molar-refractivity contribution in [3.05, 3.63) is 53.7 Å². The fourth-order valence-corrected chi connectivity index (χ4v) is 3.41. The number of nitrogens with one attached hydrogen (secondary N) is 2. The molecule has 1 aliphatic rings. The Hall–Kier alpha value is -2.89. The molecule has 0 radical (unpaired) electrons. The highest BCUT2D eigenvalue weighted by atomic mass is 16.2. The van der Waals surface area contributed by atoms with E-state index in [1.165, 1.54) is 0 Å². The maximum Gasteiger partial charge on any atom is 0.313 e. The molecule has 2 N–H and O–H groups in total. The van der Waals surface area contributed by atoms with Gasteiger partial charge in [-0.05, 0) is 55.9 Å². The first kappa shape index (κ1) is 18.9. The van der Waals surface area contributed by atoms with E-state index >= 15 is 0 Å². The smallest absolute Gasteiger partial charge is 0.313 e. The van der Waals surface area contributed by atoms with Crippen LogP contribution in [0.4, 0.5) is 11.5 Å². The van der Waals surface area contributed by atoms with Gasteiger partial charge in [-0.1, -0.05) is 24.3 Å². The lowest BCUT2D eigenvalue weighted by Gasteiger charge is -2.32. The fourth-order valence-electron chi connectivity index (χ4n) is 3.41. The highest BCUT2D eigenvalue weighted by molar-refractivity contribution is 6.39. The van der Waals surface area contributed by atoms with E-state index in [2.05, 4.69) is 20.5 Å². The largest absolute Gasteiger partial charge is 0.357 e. The van der Waals surface area contributed by atoms with Crippen molar-refractivity contribution in [3.63, 3.8) is 0 Å². The van der Waals surface area contributed by atoms with Crippen LogP contribution >= 0.6 is 0 Å². The van der Waals surface area contributed by atoms with Crippen LogP contribution < -0.4 is 15.5 Å². The van der Waals surface area contributed by atoms with Gasteiger partial charge in [0.1, 0.15) is 5.82 Å². The summed E-state index contributed by atoms with van der Waals surface area (Å²) in [4.78, 5) is 31.0. The summed E-state index contributed by atoms with van der Waals surface area (Å²) in [5.74, 6) is 0.179. The van der Waals surface area contributed by atoms with Crippen molar-refractivity contribution in [2.75, 3.05) is 29.9 Å². The van der Waals surface area contributed by atoms with Gasteiger partial charge in [0.05, 0.1) is 0 Å². The molecule has 2 heterocycles. The van der Waals surface area contributed by atoms with Crippen LogP contribution in [0.5, 0.6) is 0 Å². The van der Waals surface area contributed by atoms with Gasteiger partial charge in [0, 0.05) is 31.5 Å². The molecule has 1 aromatic heterocycles. The number of pyridine rings is 1. The van der Waals surface area contributed by atoms with Crippen LogP contribution in [0.3, 0.4) is 0 Å². The van der Waals surface area contributed by atoms with Gasteiger partial charge in [-0.2, -0.15) is 0 Å². The van der Waals surface area contributed by atoms with Crippen molar-refractivity contribution >= 4 is 23.3 Å². The number of nitrogens with zero attached hydrogens (tertiary/aromatic N) is 2. The maximum atomic E-state index is 12.2. The number of piperidine rings is 1. The number of carbonyl (C=O) groups is 2. The van der Waals surface area contributed by atoms with Gasteiger partial charge in [-0.25, -0.2) is 4.98 Å². The number of anilines is 2. The van der Waals surface area contributed by atoms with Crippen LogP contribution in [0.15, 0.2) is 42.6 Å². The normalized spacial score (nSPS) is 14.7. The molecule has 142 valence electrons. The minimum Gasteiger partial charge on any atom is -0.357 e. The molecular weight excluding hydrogens is 340 g/mol. The second-order valence-electron chi connectivity index (χ2n) is 7.05. The number of hydrogen-bond donors (Lipinski definition) is 2. The van der Waals surface area contributed by atoms with Crippen LogP contribution in [-0.2, 0) is 9.59 Å².